The molecule has 3 nitrogen and oxygen atoms in total. The molecule has 104 valence electrons. The predicted octanol–water partition coefficient (Wildman–Crippen LogP) is 3.91. The van der Waals surface area contributed by atoms with Gasteiger partial charge in [-0.25, -0.2) is 0 Å². The van der Waals surface area contributed by atoms with E-state index < -0.39 is 0 Å². The summed E-state index contributed by atoms with van der Waals surface area (Å²) in [6.45, 7) is 0.523. The van der Waals surface area contributed by atoms with Crippen molar-refractivity contribution in [3.05, 3.63) is 72.4 Å². The minimum Gasteiger partial charge on any atom is -0.490 e. The van der Waals surface area contributed by atoms with Gasteiger partial charge in [0.2, 0.25) is 0 Å². The summed E-state index contributed by atoms with van der Waals surface area (Å²) in [5.74, 6) is 0.816. The van der Waals surface area contributed by atoms with Crippen LogP contribution in [0.25, 0.3) is 17.0 Å². The second-order valence-electron chi connectivity index (χ2n) is 4.74. The topological polar surface area (TPSA) is 48.1 Å². The van der Waals surface area contributed by atoms with Crippen molar-refractivity contribution < 1.29 is 4.74 Å². The zero-order chi connectivity index (χ0) is 14.5. The number of pyridine rings is 1. The number of hydrogen-bond donors (Lipinski definition) is 1. The smallest absolute Gasteiger partial charge is 0.119 e. The summed E-state index contributed by atoms with van der Waals surface area (Å²) in [5, 5.41) is 1.14. The first-order valence-corrected chi connectivity index (χ1v) is 6.81. The summed E-state index contributed by atoms with van der Waals surface area (Å²) >= 11 is 0. The molecule has 0 aliphatic rings. The van der Waals surface area contributed by atoms with Crippen LogP contribution in [0.2, 0.25) is 0 Å². The minimum absolute atomic E-state index is 0.523. The minimum atomic E-state index is 0.523. The number of aromatic nitrogens is 1. The highest BCUT2D eigenvalue weighted by Gasteiger charge is 1.94. The molecule has 1 aromatic heterocycles. The highest BCUT2D eigenvalue weighted by molar-refractivity contribution is 5.80. The Labute approximate surface area is 123 Å². The molecule has 0 spiro atoms. The van der Waals surface area contributed by atoms with Crippen molar-refractivity contribution in [2.45, 2.75) is 0 Å². The van der Waals surface area contributed by atoms with E-state index in [1.807, 2.05) is 48.6 Å². The van der Waals surface area contributed by atoms with Crippen molar-refractivity contribution in [2.75, 3.05) is 12.3 Å². The molecule has 0 saturated heterocycles. The first-order valence-electron chi connectivity index (χ1n) is 6.81. The van der Waals surface area contributed by atoms with Crippen LogP contribution in [0.1, 0.15) is 5.56 Å². The molecule has 0 unspecified atom stereocenters. The summed E-state index contributed by atoms with van der Waals surface area (Å²) in [6.07, 6.45) is 5.84. The van der Waals surface area contributed by atoms with Crippen LogP contribution in [0.5, 0.6) is 5.75 Å². The molecule has 0 aliphatic heterocycles. The van der Waals surface area contributed by atoms with Gasteiger partial charge >= 0.3 is 0 Å². The molecule has 2 aromatic carbocycles. The number of anilines is 1. The summed E-state index contributed by atoms with van der Waals surface area (Å²) in [4.78, 5) is 4.31. The van der Waals surface area contributed by atoms with Gasteiger partial charge in [-0.2, -0.15) is 0 Å². The molecule has 3 aromatic rings. The largest absolute Gasteiger partial charge is 0.490 e. The summed E-state index contributed by atoms with van der Waals surface area (Å²) < 4.78 is 5.62. The van der Waals surface area contributed by atoms with Gasteiger partial charge in [0.15, 0.2) is 0 Å². The van der Waals surface area contributed by atoms with Crippen LogP contribution < -0.4 is 10.5 Å². The Bertz CT molecular complexity index is 764. The first kappa shape index (κ1) is 13.2. The number of nitrogens with two attached hydrogens (primary N) is 1. The average molecular weight is 276 g/mol. The van der Waals surface area contributed by atoms with E-state index in [1.54, 1.807) is 6.20 Å². The first-order chi connectivity index (χ1) is 10.3. The maximum absolute atomic E-state index is 5.63. The standard InChI is InChI=1S/C18H16N2O/c19-16-6-8-17(9-7-16)21-12-2-3-14-5-10-18-15(13-14)4-1-11-20-18/h1-11,13H,12,19H2. The Morgan fingerprint density at radius 2 is 1.90 bits per heavy atom. The van der Waals surface area contributed by atoms with E-state index in [-0.39, 0.29) is 0 Å². The lowest BCUT2D eigenvalue weighted by Crippen LogP contribution is -1.93. The number of rotatable bonds is 4. The van der Waals surface area contributed by atoms with Crippen LogP contribution in [-0.2, 0) is 0 Å². The highest BCUT2D eigenvalue weighted by atomic mass is 16.5. The van der Waals surface area contributed by atoms with Crippen molar-refractivity contribution in [1.29, 1.82) is 0 Å². The molecule has 0 saturated carbocycles. The number of benzene rings is 2. The van der Waals surface area contributed by atoms with E-state index >= 15 is 0 Å². The summed E-state index contributed by atoms with van der Waals surface area (Å²) in [7, 11) is 0. The Kier molecular flexibility index (Phi) is 3.83. The van der Waals surface area contributed by atoms with Crippen molar-refractivity contribution in [3.8, 4) is 5.75 Å². The Morgan fingerprint density at radius 1 is 1.05 bits per heavy atom. The van der Waals surface area contributed by atoms with Gasteiger partial charge in [0, 0.05) is 17.3 Å². The number of nitrogens with zero attached hydrogens (tertiary/aromatic N) is 1. The maximum atomic E-state index is 5.63. The number of fused-ring (bicyclic) bond motifs is 1. The third kappa shape index (κ3) is 3.39. The molecule has 1 heterocycles. The molecule has 0 bridgehead atoms. The van der Waals surface area contributed by atoms with Gasteiger partial charge in [-0.05, 0) is 54.1 Å². The highest BCUT2D eigenvalue weighted by Crippen LogP contribution is 2.15. The molecule has 0 atom stereocenters. The lowest BCUT2D eigenvalue weighted by Gasteiger charge is -2.03. The molecule has 3 heteroatoms. The van der Waals surface area contributed by atoms with Crippen molar-refractivity contribution in [1.82, 2.24) is 4.98 Å². The van der Waals surface area contributed by atoms with Crippen LogP contribution in [0.3, 0.4) is 0 Å². The van der Waals surface area contributed by atoms with Crippen LogP contribution in [-0.4, -0.2) is 11.6 Å². The molecule has 0 aliphatic carbocycles. The zero-order valence-corrected chi connectivity index (χ0v) is 11.6. The van der Waals surface area contributed by atoms with E-state index in [9.17, 15) is 0 Å². The van der Waals surface area contributed by atoms with Crippen molar-refractivity contribution >= 4 is 22.7 Å². The Balaban J connectivity index is 1.63. The lowest BCUT2D eigenvalue weighted by atomic mass is 10.1. The molecular weight excluding hydrogens is 260 g/mol. The maximum Gasteiger partial charge on any atom is 0.119 e. The van der Waals surface area contributed by atoms with Crippen LogP contribution >= 0.6 is 0 Å². The molecule has 21 heavy (non-hydrogen) atoms. The van der Waals surface area contributed by atoms with E-state index in [4.69, 9.17) is 10.5 Å². The van der Waals surface area contributed by atoms with Gasteiger partial charge in [0.1, 0.15) is 12.4 Å². The fourth-order valence-corrected chi connectivity index (χ4v) is 2.09. The van der Waals surface area contributed by atoms with Gasteiger partial charge in [0.25, 0.3) is 0 Å². The average Bonchev–Trinajstić information content (AvgIpc) is 2.53. The molecule has 0 amide bonds. The summed E-state index contributed by atoms with van der Waals surface area (Å²) in [5.41, 5.74) is 8.51. The summed E-state index contributed by atoms with van der Waals surface area (Å²) in [6, 6.07) is 17.6. The van der Waals surface area contributed by atoms with Crippen LogP contribution in [0.4, 0.5) is 5.69 Å². The van der Waals surface area contributed by atoms with Gasteiger partial charge in [0.05, 0.1) is 5.52 Å². The quantitative estimate of drug-likeness (QED) is 0.735. The third-order valence-electron chi connectivity index (χ3n) is 3.16. The Morgan fingerprint density at radius 3 is 2.76 bits per heavy atom. The second kappa shape index (κ2) is 6.09. The van der Waals surface area contributed by atoms with Crippen LogP contribution in [0.15, 0.2) is 66.9 Å². The lowest BCUT2D eigenvalue weighted by molar-refractivity contribution is 0.363. The van der Waals surface area contributed by atoms with E-state index in [2.05, 4.69) is 23.2 Å². The fraction of sp³-hybridized carbons (Fsp3) is 0.0556. The normalized spacial score (nSPS) is 11.0. The molecule has 0 radical (unpaired) electrons. The van der Waals surface area contributed by atoms with Crippen molar-refractivity contribution in [3.63, 3.8) is 0 Å². The van der Waals surface area contributed by atoms with Gasteiger partial charge < -0.3 is 10.5 Å². The van der Waals surface area contributed by atoms with E-state index in [0.717, 1.165) is 27.9 Å². The SMILES string of the molecule is Nc1ccc(OCC=Cc2ccc3ncccc3c2)cc1. The van der Waals surface area contributed by atoms with E-state index in [1.165, 1.54) is 0 Å². The van der Waals surface area contributed by atoms with Gasteiger partial charge in [-0.3, -0.25) is 4.98 Å². The monoisotopic (exact) mass is 276 g/mol. The van der Waals surface area contributed by atoms with Crippen LogP contribution in [0, 0.1) is 0 Å². The number of hydrogen-bond acceptors (Lipinski definition) is 3. The fourth-order valence-electron chi connectivity index (χ4n) is 2.09. The molecule has 3 rings (SSSR count). The number of ether oxygens (including phenoxy) is 1. The van der Waals surface area contributed by atoms with Gasteiger partial charge in [-0.15, -0.1) is 0 Å². The second-order valence-corrected chi connectivity index (χ2v) is 4.74. The third-order valence-corrected chi connectivity index (χ3v) is 3.16. The molecule has 0 fully saturated rings. The van der Waals surface area contributed by atoms with Gasteiger partial charge in [-0.1, -0.05) is 18.2 Å². The molecule has 2 N–H and O–H groups in total. The van der Waals surface area contributed by atoms with Crippen molar-refractivity contribution in [2.24, 2.45) is 0 Å². The molecular formula is C18H16N2O. The predicted molar refractivity (Wildman–Crippen MR) is 87.1 cm³/mol. The zero-order valence-electron chi connectivity index (χ0n) is 11.6. The van der Waals surface area contributed by atoms with E-state index in [0.29, 0.717) is 6.61 Å². The number of nitrogen functional groups attached to an aromatic ring is 1. The Hall–Kier alpha value is -2.81.